The van der Waals surface area contributed by atoms with Crippen LogP contribution in [0.1, 0.15) is 53.1 Å². The Labute approximate surface area is 217 Å². The van der Waals surface area contributed by atoms with E-state index in [9.17, 15) is 22.8 Å². The number of guanidine groups is 1. The third-order valence-corrected chi connectivity index (χ3v) is 6.14. The number of carbonyl (C=O) groups excluding carboxylic acids is 2. The number of carbonyl (C=O) groups is 2. The highest BCUT2D eigenvalue weighted by Crippen LogP contribution is 2.39. The summed E-state index contributed by atoms with van der Waals surface area (Å²) in [5.41, 5.74) is 4.26. The topological polar surface area (TPSA) is 114 Å². The van der Waals surface area contributed by atoms with Gasteiger partial charge in [-0.25, -0.2) is 15.0 Å². The average Bonchev–Trinajstić information content (AvgIpc) is 3.12. The maximum absolute atomic E-state index is 13.7. The predicted octanol–water partition coefficient (Wildman–Crippen LogP) is 4.02. The summed E-state index contributed by atoms with van der Waals surface area (Å²) >= 11 is 0. The number of nitrogens with zero attached hydrogens (tertiary/aromatic N) is 4. The van der Waals surface area contributed by atoms with Crippen LogP contribution in [-0.2, 0) is 29.6 Å². The van der Waals surface area contributed by atoms with Crippen LogP contribution >= 0.6 is 0 Å². The van der Waals surface area contributed by atoms with Gasteiger partial charge in [-0.05, 0) is 41.7 Å². The first-order valence-electron chi connectivity index (χ1n) is 12.0. The Hall–Kier alpha value is -4.28. The fourth-order valence-corrected chi connectivity index (χ4v) is 4.51. The van der Waals surface area contributed by atoms with Crippen LogP contribution in [0, 0.1) is 5.92 Å². The lowest BCUT2D eigenvalue weighted by atomic mass is 9.82. The van der Waals surface area contributed by atoms with Crippen molar-refractivity contribution in [2.24, 2.45) is 16.6 Å². The summed E-state index contributed by atoms with van der Waals surface area (Å²) in [6, 6.07) is 13.8. The number of aromatic nitrogens is 2. The van der Waals surface area contributed by atoms with Gasteiger partial charge in [0.25, 0.3) is 11.8 Å². The Kier molecular flexibility index (Phi) is 7.47. The fraction of sp³-hybridized carbons (Fsp3) is 0.296. The van der Waals surface area contributed by atoms with Gasteiger partial charge in [-0.3, -0.25) is 14.5 Å². The van der Waals surface area contributed by atoms with Crippen LogP contribution in [0.25, 0.3) is 0 Å². The highest BCUT2D eigenvalue weighted by atomic mass is 19.4. The standard InChI is InChI=1S/C27H27F3N6O2/c1-17(2)14-26(19-7-4-3-5-8-19)24(38)36(25(31)35-26)16-18-9-10-21(27(28,29)30)20(13-18)23(37)34-15-22-32-11-6-12-33-22/h3-13,17H,14-16H2,1-2H3,(H2,31,35)(H,34,37). The van der Waals surface area contributed by atoms with E-state index in [1.165, 1.54) is 23.4 Å². The van der Waals surface area contributed by atoms with Gasteiger partial charge in [-0.15, -0.1) is 0 Å². The number of nitrogens with one attached hydrogen (secondary N) is 1. The molecule has 1 unspecified atom stereocenters. The van der Waals surface area contributed by atoms with E-state index in [0.29, 0.717) is 17.5 Å². The molecule has 0 fully saturated rings. The molecule has 0 spiro atoms. The summed E-state index contributed by atoms with van der Waals surface area (Å²) in [4.78, 5) is 40.3. The van der Waals surface area contributed by atoms with Gasteiger partial charge in [0, 0.05) is 12.4 Å². The molecule has 0 aliphatic carbocycles. The van der Waals surface area contributed by atoms with Gasteiger partial charge in [0.1, 0.15) is 5.82 Å². The first kappa shape index (κ1) is 26.8. The molecule has 198 valence electrons. The molecule has 1 aromatic heterocycles. The van der Waals surface area contributed by atoms with Crippen molar-refractivity contribution < 1.29 is 22.8 Å². The average molecular weight is 525 g/mol. The number of nitrogens with two attached hydrogens (primary N) is 1. The SMILES string of the molecule is CC(C)CC1(c2ccccc2)N=C(N)N(Cc2ccc(C(F)(F)F)c(C(=O)NCc3ncccn3)c2)C1=O. The summed E-state index contributed by atoms with van der Waals surface area (Å²) in [6.07, 6.45) is -1.44. The second-order valence-corrected chi connectivity index (χ2v) is 9.41. The number of alkyl halides is 3. The number of halogens is 3. The molecule has 2 heterocycles. The van der Waals surface area contributed by atoms with E-state index in [4.69, 9.17) is 5.73 Å². The number of aliphatic imine (C=N–C) groups is 1. The lowest BCUT2D eigenvalue weighted by molar-refractivity contribution is -0.138. The van der Waals surface area contributed by atoms with E-state index in [1.54, 1.807) is 30.3 Å². The lowest BCUT2D eigenvalue weighted by Gasteiger charge is -2.28. The third kappa shape index (κ3) is 5.51. The monoisotopic (exact) mass is 524 g/mol. The number of amides is 2. The zero-order valence-corrected chi connectivity index (χ0v) is 20.9. The fourth-order valence-electron chi connectivity index (χ4n) is 4.51. The van der Waals surface area contributed by atoms with Gasteiger partial charge in [0.15, 0.2) is 11.5 Å². The molecule has 4 rings (SSSR count). The van der Waals surface area contributed by atoms with E-state index in [-0.39, 0.29) is 36.7 Å². The first-order valence-corrected chi connectivity index (χ1v) is 12.0. The quantitative estimate of drug-likeness (QED) is 0.462. The van der Waals surface area contributed by atoms with Crippen LogP contribution in [-0.4, -0.2) is 32.6 Å². The summed E-state index contributed by atoms with van der Waals surface area (Å²) in [5, 5.41) is 2.43. The second kappa shape index (κ2) is 10.6. The second-order valence-electron chi connectivity index (χ2n) is 9.41. The van der Waals surface area contributed by atoms with Crippen molar-refractivity contribution in [1.82, 2.24) is 20.2 Å². The largest absolute Gasteiger partial charge is 0.417 e. The first-order chi connectivity index (χ1) is 18.0. The zero-order valence-electron chi connectivity index (χ0n) is 20.9. The Balaban J connectivity index is 1.63. The molecule has 1 atom stereocenters. The molecule has 11 heteroatoms. The molecular weight excluding hydrogens is 497 g/mol. The van der Waals surface area contributed by atoms with Crippen LogP contribution in [0.3, 0.4) is 0 Å². The van der Waals surface area contributed by atoms with Crippen LogP contribution < -0.4 is 11.1 Å². The maximum atomic E-state index is 13.7. The van der Waals surface area contributed by atoms with Gasteiger partial charge in [-0.1, -0.05) is 50.2 Å². The molecule has 0 radical (unpaired) electrons. The Morgan fingerprint density at radius 1 is 1.08 bits per heavy atom. The third-order valence-electron chi connectivity index (χ3n) is 6.14. The zero-order chi connectivity index (χ0) is 27.5. The normalized spacial score (nSPS) is 17.6. The van der Waals surface area contributed by atoms with E-state index in [2.05, 4.69) is 20.3 Å². The Morgan fingerprint density at radius 3 is 2.39 bits per heavy atom. The summed E-state index contributed by atoms with van der Waals surface area (Å²) in [7, 11) is 0. The molecular formula is C27H27F3N6O2. The summed E-state index contributed by atoms with van der Waals surface area (Å²) in [6.45, 7) is 3.63. The number of benzene rings is 2. The van der Waals surface area contributed by atoms with Crippen molar-refractivity contribution in [3.63, 3.8) is 0 Å². The minimum absolute atomic E-state index is 0.0355. The molecule has 3 N–H and O–H groups in total. The molecule has 8 nitrogen and oxygen atoms in total. The van der Waals surface area contributed by atoms with Crippen molar-refractivity contribution in [2.75, 3.05) is 0 Å². The number of hydrogen-bond acceptors (Lipinski definition) is 6. The highest BCUT2D eigenvalue weighted by Gasteiger charge is 2.49. The molecule has 0 bridgehead atoms. The van der Waals surface area contributed by atoms with E-state index < -0.39 is 28.7 Å². The van der Waals surface area contributed by atoms with Crippen molar-refractivity contribution in [1.29, 1.82) is 0 Å². The predicted molar refractivity (Wildman–Crippen MR) is 134 cm³/mol. The van der Waals surface area contributed by atoms with Gasteiger partial charge in [0.05, 0.1) is 24.2 Å². The Bertz CT molecular complexity index is 1350. The van der Waals surface area contributed by atoms with Gasteiger partial charge < -0.3 is 11.1 Å². The molecule has 38 heavy (non-hydrogen) atoms. The van der Waals surface area contributed by atoms with Gasteiger partial charge in [-0.2, -0.15) is 13.2 Å². The number of rotatable bonds is 8. The van der Waals surface area contributed by atoms with Crippen molar-refractivity contribution in [3.8, 4) is 0 Å². The highest BCUT2D eigenvalue weighted by molar-refractivity contribution is 6.07. The summed E-state index contributed by atoms with van der Waals surface area (Å²) in [5.74, 6) is -1.00. The van der Waals surface area contributed by atoms with Crippen LogP contribution in [0.5, 0.6) is 0 Å². The molecule has 2 amide bonds. The minimum Gasteiger partial charge on any atom is -0.369 e. The molecule has 2 aromatic carbocycles. The summed E-state index contributed by atoms with van der Waals surface area (Å²) < 4.78 is 41.2. The van der Waals surface area contributed by atoms with Crippen LogP contribution in [0.2, 0.25) is 0 Å². The smallest absolute Gasteiger partial charge is 0.369 e. The van der Waals surface area contributed by atoms with Crippen molar-refractivity contribution in [3.05, 3.63) is 95.1 Å². The van der Waals surface area contributed by atoms with Crippen LogP contribution in [0.15, 0.2) is 72.0 Å². The Morgan fingerprint density at radius 2 is 1.76 bits per heavy atom. The number of hydrogen-bond donors (Lipinski definition) is 2. The molecule has 1 aliphatic rings. The maximum Gasteiger partial charge on any atom is 0.417 e. The molecule has 0 saturated carbocycles. The molecule has 3 aromatic rings. The van der Waals surface area contributed by atoms with E-state index >= 15 is 0 Å². The van der Waals surface area contributed by atoms with Crippen LogP contribution in [0.4, 0.5) is 13.2 Å². The van der Waals surface area contributed by atoms with E-state index in [1.807, 2.05) is 19.9 Å². The minimum atomic E-state index is -4.77. The van der Waals surface area contributed by atoms with Crippen molar-refractivity contribution in [2.45, 2.75) is 45.1 Å². The van der Waals surface area contributed by atoms with Gasteiger partial charge >= 0.3 is 6.18 Å². The lowest BCUT2D eigenvalue weighted by Crippen LogP contribution is -2.43. The van der Waals surface area contributed by atoms with Gasteiger partial charge in [0.2, 0.25) is 0 Å². The molecule has 1 aliphatic heterocycles. The van der Waals surface area contributed by atoms with Crippen molar-refractivity contribution >= 4 is 17.8 Å². The molecule has 0 saturated heterocycles. The van der Waals surface area contributed by atoms with E-state index in [0.717, 1.165) is 12.1 Å².